The Balaban J connectivity index is 2.01. The van der Waals surface area contributed by atoms with E-state index in [0.29, 0.717) is 12.2 Å². The summed E-state index contributed by atoms with van der Waals surface area (Å²) >= 11 is 0. The molecule has 2 nitrogen and oxygen atoms in total. The van der Waals surface area contributed by atoms with Crippen LogP contribution in [-0.4, -0.2) is 29.3 Å². The zero-order chi connectivity index (χ0) is 14.6. The number of piperidine rings is 1. The topological polar surface area (TPSA) is 20.3 Å². The highest BCUT2D eigenvalue weighted by molar-refractivity contribution is 5.89. The van der Waals surface area contributed by atoms with Gasteiger partial charge in [-0.3, -0.25) is 9.69 Å². The third kappa shape index (κ3) is 3.49. The lowest BCUT2D eigenvalue weighted by Gasteiger charge is -2.39. The van der Waals surface area contributed by atoms with E-state index in [1.54, 1.807) is 0 Å². The minimum atomic E-state index is -0.330. The first-order chi connectivity index (χ1) is 9.54. The Hall–Kier alpha value is -1.15. The van der Waals surface area contributed by atoms with E-state index in [1.807, 2.05) is 0 Å². The number of hydrogen-bond donors (Lipinski definition) is 0. The Morgan fingerprint density at radius 2 is 1.60 bits per heavy atom. The second kappa shape index (κ2) is 6.53. The van der Waals surface area contributed by atoms with Crippen LogP contribution in [0.5, 0.6) is 0 Å². The lowest BCUT2D eigenvalue weighted by Crippen LogP contribution is -2.52. The van der Waals surface area contributed by atoms with Crippen LogP contribution >= 0.6 is 0 Å². The maximum Gasteiger partial charge on any atom is 0.156 e. The summed E-state index contributed by atoms with van der Waals surface area (Å²) in [4.78, 5) is 15.0. The fourth-order valence-electron chi connectivity index (χ4n) is 2.92. The average Bonchev–Trinajstić information content (AvgIpc) is 2.49. The third-order valence-corrected chi connectivity index (χ3v) is 4.62. The molecule has 1 aromatic carbocycles. The van der Waals surface area contributed by atoms with E-state index in [4.69, 9.17) is 0 Å². The van der Waals surface area contributed by atoms with Crippen molar-refractivity contribution in [2.24, 2.45) is 0 Å². The first kappa shape index (κ1) is 15.2. The van der Waals surface area contributed by atoms with Gasteiger partial charge in [0.1, 0.15) is 0 Å². The van der Waals surface area contributed by atoms with Crippen LogP contribution in [0, 0.1) is 0 Å². The van der Waals surface area contributed by atoms with Gasteiger partial charge in [0.05, 0.1) is 5.54 Å². The minimum absolute atomic E-state index is 0.330. The summed E-state index contributed by atoms with van der Waals surface area (Å²) in [7, 11) is 0. The van der Waals surface area contributed by atoms with E-state index >= 15 is 0 Å². The SMILES string of the molecule is CCc1ccc(CC(=O)C(C)(C)N2CCCCC2)cc1. The molecule has 20 heavy (non-hydrogen) atoms. The van der Waals surface area contributed by atoms with Gasteiger partial charge in [-0.05, 0) is 57.3 Å². The molecule has 1 fully saturated rings. The molecule has 0 spiro atoms. The lowest BCUT2D eigenvalue weighted by atomic mass is 9.89. The summed E-state index contributed by atoms with van der Waals surface area (Å²) in [5.41, 5.74) is 2.14. The molecule has 1 heterocycles. The quantitative estimate of drug-likeness (QED) is 0.816. The van der Waals surface area contributed by atoms with Gasteiger partial charge >= 0.3 is 0 Å². The van der Waals surface area contributed by atoms with Gasteiger partial charge in [0.15, 0.2) is 5.78 Å². The van der Waals surface area contributed by atoms with E-state index in [2.05, 4.69) is 49.9 Å². The van der Waals surface area contributed by atoms with Crippen molar-refractivity contribution in [2.75, 3.05) is 13.1 Å². The standard InChI is InChI=1S/C18H27NO/c1-4-15-8-10-16(11-9-15)14-17(20)18(2,3)19-12-6-5-7-13-19/h8-11H,4-7,12-14H2,1-3H3. The van der Waals surface area contributed by atoms with Crippen molar-refractivity contribution in [3.05, 3.63) is 35.4 Å². The number of Topliss-reactive ketones (excluding diaryl/α,β-unsaturated/α-hetero) is 1. The molecule has 1 saturated heterocycles. The summed E-state index contributed by atoms with van der Waals surface area (Å²) in [5, 5.41) is 0. The number of nitrogens with zero attached hydrogens (tertiary/aromatic N) is 1. The van der Waals surface area contributed by atoms with Crippen molar-refractivity contribution < 1.29 is 4.79 Å². The van der Waals surface area contributed by atoms with Crippen LogP contribution in [0.1, 0.15) is 51.2 Å². The summed E-state index contributed by atoms with van der Waals surface area (Å²) in [6.45, 7) is 8.45. The number of hydrogen-bond acceptors (Lipinski definition) is 2. The van der Waals surface area contributed by atoms with Crippen molar-refractivity contribution in [1.29, 1.82) is 0 Å². The van der Waals surface area contributed by atoms with Crippen molar-refractivity contribution >= 4 is 5.78 Å². The van der Waals surface area contributed by atoms with Gasteiger partial charge in [0.25, 0.3) is 0 Å². The smallest absolute Gasteiger partial charge is 0.156 e. The number of ketones is 1. The molecule has 0 unspecified atom stereocenters. The van der Waals surface area contributed by atoms with Crippen LogP contribution < -0.4 is 0 Å². The molecule has 0 saturated carbocycles. The molecule has 0 aliphatic carbocycles. The zero-order valence-corrected chi connectivity index (χ0v) is 13.1. The van der Waals surface area contributed by atoms with Crippen LogP contribution in [0.4, 0.5) is 0 Å². The molecular formula is C18H27NO. The maximum atomic E-state index is 12.6. The highest BCUT2D eigenvalue weighted by Crippen LogP contribution is 2.23. The van der Waals surface area contributed by atoms with E-state index in [0.717, 1.165) is 25.1 Å². The first-order valence-corrected chi connectivity index (χ1v) is 7.90. The number of benzene rings is 1. The van der Waals surface area contributed by atoms with Crippen LogP contribution in [0.25, 0.3) is 0 Å². The molecule has 0 N–H and O–H groups in total. The first-order valence-electron chi connectivity index (χ1n) is 7.90. The predicted octanol–water partition coefficient (Wildman–Crippen LogP) is 3.63. The van der Waals surface area contributed by atoms with Gasteiger partial charge in [-0.25, -0.2) is 0 Å². The molecule has 2 rings (SSSR count). The Kier molecular flexibility index (Phi) is 4.98. The van der Waals surface area contributed by atoms with E-state index in [-0.39, 0.29) is 5.54 Å². The minimum Gasteiger partial charge on any atom is -0.297 e. The number of carbonyl (C=O) groups excluding carboxylic acids is 1. The van der Waals surface area contributed by atoms with Gasteiger partial charge < -0.3 is 0 Å². The van der Waals surface area contributed by atoms with Gasteiger partial charge in [0.2, 0.25) is 0 Å². The molecule has 0 amide bonds. The Labute approximate surface area is 123 Å². The van der Waals surface area contributed by atoms with Gasteiger partial charge in [-0.2, -0.15) is 0 Å². The monoisotopic (exact) mass is 273 g/mol. The third-order valence-electron chi connectivity index (χ3n) is 4.62. The Bertz CT molecular complexity index is 441. The van der Waals surface area contributed by atoms with Gasteiger partial charge in [-0.15, -0.1) is 0 Å². The van der Waals surface area contributed by atoms with Crippen molar-refractivity contribution in [3.8, 4) is 0 Å². The maximum absolute atomic E-state index is 12.6. The second-order valence-corrected chi connectivity index (χ2v) is 6.38. The van der Waals surface area contributed by atoms with Crippen LogP contribution in [0.2, 0.25) is 0 Å². The molecule has 1 aromatic rings. The largest absolute Gasteiger partial charge is 0.297 e. The second-order valence-electron chi connectivity index (χ2n) is 6.38. The van der Waals surface area contributed by atoms with Gasteiger partial charge in [0, 0.05) is 6.42 Å². The molecule has 2 heteroatoms. The lowest BCUT2D eigenvalue weighted by molar-refractivity contribution is -0.129. The number of carbonyl (C=O) groups is 1. The summed E-state index contributed by atoms with van der Waals surface area (Å²) in [6.07, 6.45) is 5.35. The number of rotatable bonds is 5. The summed E-state index contributed by atoms with van der Waals surface area (Å²) in [6, 6.07) is 8.47. The summed E-state index contributed by atoms with van der Waals surface area (Å²) in [5.74, 6) is 0.337. The summed E-state index contributed by atoms with van der Waals surface area (Å²) < 4.78 is 0. The molecule has 1 aliphatic heterocycles. The van der Waals surface area contributed by atoms with Crippen LogP contribution in [0.3, 0.4) is 0 Å². The van der Waals surface area contributed by atoms with Crippen molar-refractivity contribution in [1.82, 2.24) is 4.90 Å². The molecule has 0 aromatic heterocycles. The molecule has 1 aliphatic rings. The molecular weight excluding hydrogens is 246 g/mol. The highest BCUT2D eigenvalue weighted by Gasteiger charge is 2.34. The number of aryl methyl sites for hydroxylation is 1. The van der Waals surface area contributed by atoms with E-state index in [1.165, 1.54) is 24.8 Å². The molecule has 0 radical (unpaired) electrons. The molecule has 0 atom stereocenters. The van der Waals surface area contributed by atoms with Crippen molar-refractivity contribution in [3.63, 3.8) is 0 Å². The fourth-order valence-corrected chi connectivity index (χ4v) is 2.92. The Morgan fingerprint density at radius 3 is 2.15 bits per heavy atom. The molecule has 110 valence electrons. The highest BCUT2D eigenvalue weighted by atomic mass is 16.1. The normalized spacial score (nSPS) is 17.1. The average molecular weight is 273 g/mol. The number of likely N-dealkylation sites (tertiary alicyclic amines) is 1. The molecule has 0 bridgehead atoms. The van der Waals surface area contributed by atoms with E-state index in [9.17, 15) is 4.79 Å². The van der Waals surface area contributed by atoms with E-state index < -0.39 is 0 Å². The van der Waals surface area contributed by atoms with Crippen LogP contribution in [-0.2, 0) is 17.6 Å². The van der Waals surface area contributed by atoms with Crippen molar-refractivity contribution in [2.45, 2.75) is 58.4 Å². The predicted molar refractivity (Wildman–Crippen MR) is 84.0 cm³/mol. The fraction of sp³-hybridized carbons (Fsp3) is 0.611. The Morgan fingerprint density at radius 1 is 1.05 bits per heavy atom. The van der Waals surface area contributed by atoms with Gasteiger partial charge in [-0.1, -0.05) is 37.6 Å². The zero-order valence-electron chi connectivity index (χ0n) is 13.1. The van der Waals surface area contributed by atoms with Crippen LogP contribution in [0.15, 0.2) is 24.3 Å².